The highest BCUT2D eigenvalue weighted by Crippen LogP contribution is 2.49. The topological polar surface area (TPSA) is 60.8 Å². The quantitative estimate of drug-likeness (QED) is 0.864. The molecule has 2 N–H and O–H groups in total. The van der Waals surface area contributed by atoms with E-state index < -0.39 is 23.3 Å². The van der Waals surface area contributed by atoms with Gasteiger partial charge >= 0.3 is 6.09 Å². The fourth-order valence-electron chi connectivity index (χ4n) is 3.14. The number of benzene rings is 1. The predicted molar refractivity (Wildman–Crippen MR) is 80.7 cm³/mol. The highest BCUT2D eigenvalue weighted by atomic mass is 79.9. The largest absolute Gasteiger partial charge is 0.465 e. The third-order valence-electron chi connectivity index (χ3n) is 3.82. The molecule has 5 heteroatoms. The van der Waals surface area contributed by atoms with E-state index in [1.165, 1.54) is 4.90 Å². The third kappa shape index (κ3) is 2.56. The summed E-state index contributed by atoms with van der Waals surface area (Å²) in [6.07, 6.45) is -0.508. The summed E-state index contributed by atoms with van der Waals surface area (Å²) in [7, 11) is 0. The number of carboxylic acid groups (broad SMARTS) is 1. The molecule has 0 heterocycles. The number of aliphatic hydroxyl groups is 1. The van der Waals surface area contributed by atoms with Crippen molar-refractivity contribution in [1.82, 2.24) is 4.90 Å². The van der Waals surface area contributed by atoms with Crippen molar-refractivity contribution in [2.45, 2.75) is 50.8 Å². The van der Waals surface area contributed by atoms with E-state index in [1.807, 2.05) is 45.0 Å². The summed E-state index contributed by atoms with van der Waals surface area (Å²) in [5.74, 6) is 0. The van der Waals surface area contributed by atoms with Crippen LogP contribution in [0, 0.1) is 0 Å². The molecule has 0 spiro atoms. The van der Waals surface area contributed by atoms with Crippen LogP contribution in [-0.2, 0) is 5.54 Å². The van der Waals surface area contributed by atoms with Crippen molar-refractivity contribution in [3.05, 3.63) is 34.3 Å². The minimum Gasteiger partial charge on any atom is -0.465 e. The molecule has 1 fully saturated rings. The summed E-state index contributed by atoms with van der Waals surface area (Å²) in [6.45, 7) is 5.64. The number of hydrogen-bond donors (Lipinski definition) is 2. The molecule has 0 aromatic heterocycles. The van der Waals surface area contributed by atoms with E-state index in [1.54, 1.807) is 0 Å². The summed E-state index contributed by atoms with van der Waals surface area (Å²) in [6, 6.07) is 7.67. The number of hydrogen-bond acceptors (Lipinski definition) is 2. The maximum Gasteiger partial charge on any atom is 0.408 e. The Kier molecular flexibility index (Phi) is 3.86. The molecular formula is C15H20BrNO3. The lowest BCUT2D eigenvalue weighted by molar-refractivity contribution is -0.0973. The van der Waals surface area contributed by atoms with Crippen molar-refractivity contribution in [3.8, 4) is 0 Å². The van der Waals surface area contributed by atoms with E-state index in [-0.39, 0.29) is 0 Å². The Morgan fingerprint density at radius 2 is 1.80 bits per heavy atom. The second-order valence-electron chi connectivity index (χ2n) is 6.39. The lowest BCUT2D eigenvalue weighted by Gasteiger charge is -2.56. The monoisotopic (exact) mass is 341 g/mol. The minimum absolute atomic E-state index is 0.442. The van der Waals surface area contributed by atoms with Crippen LogP contribution in [0.3, 0.4) is 0 Å². The summed E-state index contributed by atoms with van der Waals surface area (Å²) in [5, 5.41) is 19.4. The van der Waals surface area contributed by atoms with Crippen molar-refractivity contribution >= 4 is 22.0 Å². The molecular weight excluding hydrogens is 322 g/mol. The zero-order valence-corrected chi connectivity index (χ0v) is 13.5. The lowest BCUT2D eigenvalue weighted by atomic mass is 9.67. The molecule has 0 unspecified atom stereocenters. The van der Waals surface area contributed by atoms with Crippen LogP contribution in [0.5, 0.6) is 0 Å². The van der Waals surface area contributed by atoms with Gasteiger partial charge in [-0.1, -0.05) is 28.1 Å². The number of halogens is 1. The van der Waals surface area contributed by atoms with Gasteiger partial charge in [-0.2, -0.15) is 0 Å². The smallest absolute Gasteiger partial charge is 0.408 e. The maximum atomic E-state index is 11.8. The number of rotatable bonds is 2. The fraction of sp³-hybridized carbons (Fsp3) is 0.533. The Bertz CT molecular complexity index is 501. The minimum atomic E-state index is -0.952. The molecule has 110 valence electrons. The molecule has 0 saturated heterocycles. The van der Waals surface area contributed by atoms with Gasteiger partial charge in [-0.25, -0.2) is 4.79 Å². The van der Waals surface area contributed by atoms with Gasteiger partial charge in [-0.05, 0) is 38.5 Å². The second-order valence-corrected chi connectivity index (χ2v) is 7.31. The van der Waals surface area contributed by atoms with Gasteiger partial charge in [0.25, 0.3) is 0 Å². The normalized spacial score (nSPS) is 25.9. The van der Waals surface area contributed by atoms with E-state index in [4.69, 9.17) is 0 Å². The molecule has 1 saturated carbocycles. The number of aliphatic hydroxyl groups excluding tert-OH is 1. The summed E-state index contributed by atoms with van der Waals surface area (Å²) >= 11 is 3.39. The zero-order valence-electron chi connectivity index (χ0n) is 11.9. The molecule has 20 heavy (non-hydrogen) atoms. The van der Waals surface area contributed by atoms with Crippen molar-refractivity contribution in [3.63, 3.8) is 0 Å². The molecule has 0 radical (unpaired) electrons. The molecule has 1 amide bonds. The number of carbonyl (C=O) groups is 1. The Balaban J connectivity index is 2.49. The van der Waals surface area contributed by atoms with Gasteiger partial charge in [0.05, 0.1) is 11.6 Å². The van der Waals surface area contributed by atoms with Crippen molar-refractivity contribution < 1.29 is 15.0 Å². The van der Waals surface area contributed by atoms with Crippen LogP contribution in [0.2, 0.25) is 0 Å². The van der Waals surface area contributed by atoms with Crippen LogP contribution >= 0.6 is 15.9 Å². The molecule has 0 atom stereocenters. The molecule has 1 aliphatic rings. The maximum absolute atomic E-state index is 11.8. The molecule has 1 aliphatic carbocycles. The summed E-state index contributed by atoms with van der Waals surface area (Å²) in [4.78, 5) is 13.2. The second kappa shape index (κ2) is 5.04. The summed E-state index contributed by atoms with van der Waals surface area (Å²) in [5.41, 5.74) is -0.230. The van der Waals surface area contributed by atoms with Gasteiger partial charge in [0, 0.05) is 22.9 Å². The van der Waals surface area contributed by atoms with Crippen LogP contribution in [0.25, 0.3) is 0 Å². The Morgan fingerprint density at radius 3 is 2.15 bits per heavy atom. The van der Waals surface area contributed by atoms with Crippen LogP contribution in [0.1, 0.15) is 39.2 Å². The standard InChI is InChI=1S/C15H20BrNO3/c1-14(2,3)17(13(19)20)15(8-12(18)9-15)10-4-6-11(16)7-5-10/h4-7,12,18H,8-9H2,1-3H3,(H,19,20). The molecule has 2 rings (SSSR count). The average Bonchev–Trinajstić information content (AvgIpc) is 2.24. The Morgan fingerprint density at radius 1 is 1.30 bits per heavy atom. The van der Waals surface area contributed by atoms with E-state index in [0.29, 0.717) is 12.8 Å². The van der Waals surface area contributed by atoms with Crippen LogP contribution < -0.4 is 0 Å². The van der Waals surface area contributed by atoms with Crippen LogP contribution in [0.15, 0.2) is 28.7 Å². The first-order chi connectivity index (χ1) is 9.17. The third-order valence-corrected chi connectivity index (χ3v) is 4.35. The van der Waals surface area contributed by atoms with Gasteiger partial charge in [0.1, 0.15) is 0 Å². The SMILES string of the molecule is CC(C)(C)N(C(=O)O)C1(c2ccc(Br)cc2)CC(O)C1. The van der Waals surface area contributed by atoms with E-state index in [0.717, 1.165) is 10.0 Å². The van der Waals surface area contributed by atoms with Crippen molar-refractivity contribution in [1.29, 1.82) is 0 Å². The number of amides is 1. The van der Waals surface area contributed by atoms with E-state index in [2.05, 4.69) is 15.9 Å². The first kappa shape index (κ1) is 15.3. The molecule has 0 aliphatic heterocycles. The van der Waals surface area contributed by atoms with Gasteiger partial charge in [-0.15, -0.1) is 0 Å². The molecule has 1 aromatic carbocycles. The highest BCUT2D eigenvalue weighted by molar-refractivity contribution is 9.10. The van der Waals surface area contributed by atoms with Crippen LogP contribution in [0.4, 0.5) is 4.79 Å². The summed E-state index contributed by atoms with van der Waals surface area (Å²) < 4.78 is 0.953. The predicted octanol–water partition coefficient (Wildman–Crippen LogP) is 3.58. The highest BCUT2D eigenvalue weighted by Gasteiger charge is 2.54. The Hall–Kier alpha value is -1.07. The van der Waals surface area contributed by atoms with Gasteiger partial charge in [-0.3, -0.25) is 4.90 Å². The lowest BCUT2D eigenvalue weighted by Crippen LogP contribution is -2.64. The molecule has 1 aromatic rings. The first-order valence-corrected chi connectivity index (χ1v) is 7.43. The van der Waals surface area contributed by atoms with Crippen LogP contribution in [-0.4, -0.2) is 32.8 Å². The fourth-order valence-corrected chi connectivity index (χ4v) is 3.40. The van der Waals surface area contributed by atoms with E-state index >= 15 is 0 Å². The van der Waals surface area contributed by atoms with Gasteiger partial charge in [0.2, 0.25) is 0 Å². The first-order valence-electron chi connectivity index (χ1n) is 6.64. The van der Waals surface area contributed by atoms with Gasteiger partial charge < -0.3 is 10.2 Å². The zero-order chi connectivity index (χ0) is 15.1. The average molecular weight is 342 g/mol. The van der Waals surface area contributed by atoms with E-state index in [9.17, 15) is 15.0 Å². The van der Waals surface area contributed by atoms with Crippen molar-refractivity contribution in [2.75, 3.05) is 0 Å². The Labute approximate surface area is 127 Å². The van der Waals surface area contributed by atoms with Gasteiger partial charge in [0.15, 0.2) is 0 Å². The molecule has 0 bridgehead atoms. The van der Waals surface area contributed by atoms with Crippen molar-refractivity contribution in [2.24, 2.45) is 0 Å². The molecule has 4 nitrogen and oxygen atoms in total. The number of nitrogens with zero attached hydrogens (tertiary/aromatic N) is 1.